The van der Waals surface area contributed by atoms with Crippen LogP contribution >= 0.6 is 0 Å². The Labute approximate surface area is 117 Å². The van der Waals surface area contributed by atoms with Crippen molar-refractivity contribution in [3.05, 3.63) is 41.1 Å². The molecule has 1 aromatic rings. The van der Waals surface area contributed by atoms with Crippen LogP contribution in [0.15, 0.2) is 35.0 Å². The van der Waals surface area contributed by atoms with Crippen LogP contribution in [-0.4, -0.2) is 13.3 Å². The summed E-state index contributed by atoms with van der Waals surface area (Å²) in [7, 11) is 1.97. The van der Waals surface area contributed by atoms with E-state index in [0.29, 0.717) is 5.92 Å². The molecule has 1 aromatic carbocycles. The number of hydrogen-bond donors (Lipinski definition) is 1. The van der Waals surface area contributed by atoms with Crippen LogP contribution < -0.4 is 5.32 Å². The quantitative estimate of drug-likeness (QED) is 0.757. The summed E-state index contributed by atoms with van der Waals surface area (Å²) in [6.45, 7) is 9.50. The number of benzene rings is 1. The first-order valence-electron chi connectivity index (χ1n) is 7.04. The van der Waals surface area contributed by atoms with Gasteiger partial charge < -0.3 is 5.32 Å². The molecular weight excluding hydrogens is 232 g/mol. The predicted molar refractivity (Wildman–Crippen MR) is 85.4 cm³/mol. The maximum absolute atomic E-state index is 4.57. The Balaban J connectivity index is 2.85. The third kappa shape index (κ3) is 4.99. The number of hydrogen-bond acceptors (Lipinski definition) is 2. The molecule has 0 aromatic heterocycles. The van der Waals surface area contributed by atoms with Gasteiger partial charge in [-0.3, -0.25) is 4.99 Å². The van der Waals surface area contributed by atoms with E-state index in [4.69, 9.17) is 0 Å². The van der Waals surface area contributed by atoms with Crippen molar-refractivity contribution in [2.45, 2.75) is 40.7 Å². The van der Waals surface area contributed by atoms with Crippen LogP contribution in [0.25, 0.3) is 5.57 Å². The highest BCUT2D eigenvalue weighted by atomic mass is 14.8. The molecule has 104 valence electrons. The second-order valence-electron chi connectivity index (χ2n) is 5.10. The molecule has 19 heavy (non-hydrogen) atoms. The highest BCUT2D eigenvalue weighted by Gasteiger charge is 2.00. The van der Waals surface area contributed by atoms with E-state index in [2.05, 4.69) is 62.3 Å². The van der Waals surface area contributed by atoms with Gasteiger partial charge in [0.1, 0.15) is 0 Å². The summed E-state index contributed by atoms with van der Waals surface area (Å²) in [5, 5.41) is 3.16. The highest BCUT2D eigenvalue weighted by Crippen LogP contribution is 2.19. The van der Waals surface area contributed by atoms with E-state index in [0.717, 1.165) is 18.7 Å². The van der Waals surface area contributed by atoms with E-state index in [1.807, 2.05) is 13.3 Å². The maximum Gasteiger partial charge on any atom is 0.0403 e. The lowest BCUT2D eigenvalue weighted by Crippen LogP contribution is -2.04. The zero-order valence-corrected chi connectivity index (χ0v) is 12.8. The number of nitrogens with zero attached hydrogens (tertiary/aromatic N) is 1. The van der Waals surface area contributed by atoms with Crippen LogP contribution in [0.4, 0.5) is 0 Å². The number of aliphatic imine (C=N–C) groups is 1. The molecule has 0 aliphatic heterocycles. The number of nitrogens with one attached hydrogen (secondary N) is 1. The summed E-state index contributed by atoms with van der Waals surface area (Å²) in [5.41, 5.74) is 4.90. The van der Waals surface area contributed by atoms with Crippen LogP contribution in [-0.2, 0) is 6.54 Å². The first kappa shape index (κ1) is 15.6. The summed E-state index contributed by atoms with van der Waals surface area (Å²) in [4.78, 5) is 4.57. The van der Waals surface area contributed by atoms with Crippen molar-refractivity contribution in [1.29, 1.82) is 0 Å². The fourth-order valence-electron chi connectivity index (χ4n) is 1.73. The lowest BCUT2D eigenvalue weighted by atomic mass is 10.0. The molecule has 1 N–H and O–H groups in total. The van der Waals surface area contributed by atoms with Crippen molar-refractivity contribution >= 4 is 11.8 Å². The van der Waals surface area contributed by atoms with E-state index in [1.165, 1.54) is 16.7 Å². The van der Waals surface area contributed by atoms with Crippen molar-refractivity contribution < 1.29 is 0 Å². The first-order chi connectivity index (χ1) is 9.08. The van der Waals surface area contributed by atoms with Gasteiger partial charge in [0, 0.05) is 18.5 Å². The summed E-state index contributed by atoms with van der Waals surface area (Å²) in [6, 6.07) is 8.68. The third-order valence-corrected chi connectivity index (χ3v) is 3.48. The first-order valence-corrected chi connectivity index (χ1v) is 7.04. The Bertz CT molecular complexity index is 441. The zero-order valence-electron chi connectivity index (χ0n) is 12.8. The van der Waals surface area contributed by atoms with Gasteiger partial charge in [-0.05, 0) is 49.9 Å². The fourth-order valence-corrected chi connectivity index (χ4v) is 1.73. The lowest BCUT2D eigenvalue weighted by Gasteiger charge is -2.07. The van der Waals surface area contributed by atoms with E-state index in [9.17, 15) is 0 Å². The van der Waals surface area contributed by atoms with Crippen molar-refractivity contribution in [3.8, 4) is 0 Å². The van der Waals surface area contributed by atoms with Crippen LogP contribution in [0.1, 0.15) is 45.2 Å². The van der Waals surface area contributed by atoms with Gasteiger partial charge in [-0.1, -0.05) is 38.1 Å². The lowest BCUT2D eigenvalue weighted by molar-refractivity contribution is 0.753. The molecule has 0 heterocycles. The monoisotopic (exact) mass is 258 g/mol. The molecule has 0 spiro atoms. The minimum atomic E-state index is 0.542. The van der Waals surface area contributed by atoms with Gasteiger partial charge in [-0.2, -0.15) is 0 Å². The minimum Gasteiger partial charge on any atom is -0.316 e. The molecule has 1 unspecified atom stereocenters. The molecule has 0 amide bonds. The summed E-state index contributed by atoms with van der Waals surface area (Å²) >= 11 is 0. The van der Waals surface area contributed by atoms with Gasteiger partial charge in [0.25, 0.3) is 0 Å². The predicted octanol–water partition coefficient (Wildman–Crippen LogP) is 4.27. The molecule has 0 saturated carbocycles. The van der Waals surface area contributed by atoms with Crippen molar-refractivity contribution in [1.82, 2.24) is 5.32 Å². The van der Waals surface area contributed by atoms with E-state index < -0.39 is 0 Å². The van der Waals surface area contributed by atoms with Crippen molar-refractivity contribution in [2.75, 3.05) is 7.05 Å². The average molecular weight is 258 g/mol. The molecule has 0 saturated heterocycles. The van der Waals surface area contributed by atoms with Crippen LogP contribution in [0.2, 0.25) is 0 Å². The van der Waals surface area contributed by atoms with Gasteiger partial charge in [0.05, 0.1) is 0 Å². The van der Waals surface area contributed by atoms with Gasteiger partial charge in [0.15, 0.2) is 0 Å². The van der Waals surface area contributed by atoms with Gasteiger partial charge in [0.2, 0.25) is 0 Å². The van der Waals surface area contributed by atoms with Gasteiger partial charge >= 0.3 is 0 Å². The Hall–Kier alpha value is -1.41. The average Bonchev–Trinajstić information content (AvgIpc) is 2.44. The van der Waals surface area contributed by atoms with Crippen molar-refractivity contribution in [3.63, 3.8) is 0 Å². The second-order valence-corrected chi connectivity index (χ2v) is 5.10. The van der Waals surface area contributed by atoms with Gasteiger partial charge in [-0.25, -0.2) is 0 Å². The Morgan fingerprint density at radius 3 is 2.42 bits per heavy atom. The minimum absolute atomic E-state index is 0.542. The van der Waals surface area contributed by atoms with Crippen LogP contribution in [0.3, 0.4) is 0 Å². The topological polar surface area (TPSA) is 24.4 Å². The second kappa shape index (κ2) is 7.90. The molecule has 2 nitrogen and oxygen atoms in total. The SMILES string of the molecule is CCC(C)C=N/C(C)=C(\C)c1ccc(CNC)cc1. The van der Waals surface area contributed by atoms with Crippen molar-refractivity contribution in [2.24, 2.45) is 10.9 Å². The van der Waals surface area contributed by atoms with E-state index in [-0.39, 0.29) is 0 Å². The smallest absolute Gasteiger partial charge is 0.0403 e. The fraction of sp³-hybridized carbons (Fsp3) is 0.471. The van der Waals surface area contributed by atoms with Crippen LogP contribution in [0.5, 0.6) is 0 Å². The maximum atomic E-state index is 4.57. The van der Waals surface area contributed by atoms with E-state index >= 15 is 0 Å². The number of rotatable bonds is 6. The Morgan fingerprint density at radius 1 is 1.26 bits per heavy atom. The molecular formula is C17H26N2. The molecule has 1 rings (SSSR count). The Morgan fingerprint density at radius 2 is 1.89 bits per heavy atom. The standard InChI is InChI=1S/C17H26N2/c1-6-13(2)11-19-15(4)14(3)17-9-7-16(8-10-17)12-18-5/h7-11,13,18H,6,12H2,1-5H3/b15-14+,19-11?. The molecule has 0 aliphatic carbocycles. The zero-order chi connectivity index (χ0) is 14.3. The molecule has 0 bridgehead atoms. The van der Waals surface area contributed by atoms with Crippen LogP contribution in [0, 0.1) is 5.92 Å². The molecule has 1 atom stereocenters. The number of allylic oxidation sites excluding steroid dienone is 2. The molecule has 0 fully saturated rings. The molecule has 0 aliphatic rings. The van der Waals surface area contributed by atoms with E-state index in [1.54, 1.807) is 0 Å². The third-order valence-electron chi connectivity index (χ3n) is 3.48. The normalized spacial score (nSPS) is 14.6. The highest BCUT2D eigenvalue weighted by molar-refractivity contribution is 5.70. The summed E-state index contributed by atoms with van der Waals surface area (Å²) in [6.07, 6.45) is 3.18. The molecule has 2 heteroatoms. The Kier molecular flexibility index (Phi) is 6.51. The summed E-state index contributed by atoms with van der Waals surface area (Å²) in [5.74, 6) is 0.542. The largest absolute Gasteiger partial charge is 0.316 e. The molecule has 0 radical (unpaired) electrons. The summed E-state index contributed by atoms with van der Waals surface area (Å²) < 4.78 is 0. The van der Waals surface area contributed by atoms with Gasteiger partial charge in [-0.15, -0.1) is 0 Å².